The fourth-order valence-electron chi connectivity index (χ4n) is 4.49. The Balaban J connectivity index is 1.83. The minimum Gasteiger partial charge on any atom is -0.455 e. The highest BCUT2D eigenvalue weighted by Crippen LogP contribution is 2.25. The number of aliphatic hydroxyl groups excluding tert-OH is 1. The molecule has 2 aromatic rings. The van der Waals surface area contributed by atoms with Crippen LogP contribution in [0.3, 0.4) is 0 Å². The van der Waals surface area contributed by atoms with E-state index in [1.54, 1.807) is 4.90 Å². The molecule has 0 bridgehead atoms. The van der Waals surface area contributed by atoms with Gasteiger partial charge in [-0.1, -0.05) is 72.8 Å². The highest BCUT2D eigenvalue weighted by atomic mass is 16.5. The molecule has 0 saturated carbocycles. The van der Waals surface area contributed by atoms with Crippen LogP contribution in [0.2, 0.25) is 0 Å². The summed E-state index contributed by atoms with van der Waals surface area (Å²) in [5, 5.41) is 12.6. The van der Waals surface area contributed by atoms with Crippen molar-refractivity contribution in [1.29, 1.82) is 0 Å². The van der Waals surface area contributed by atoms with Crippen LogP contribution in [0.5, 0.6) is 0 Å². The molecule has 0 radical (unpaired) electrons. The van der Waals surface area contributed by atoms with Gasteiger partial charge in [-0.3, -0.25) is 14.4 Å². The summed E-state index contributed by atoms with van der Waals surface area (Å²) in [6.07, 6.45) is 5.01. The second-order valence-electron chi connectivity index (χ2n) is 9.42. The number of methoxy groups -OCH3 is 1. The molecule has 3 rings (SSSR count). The van der Waals surface area contributed by atoms with Crippen LogP contribution in [-0.2, 0) is 30.4 Å². The molecule has 2 aromatic carbocycles. The second-order valence-corrected chi connectivity index (χ2v) is 9.42. The SMILES string of the molecule is COCC1NC(=O)C(CC(=O)N(CCO)Cc2ccccc2)CC=CCCCC(=O)OC1c1ccccc1. The van der Waals surface area contributed by atoms with Gasteiger partial charge in [0.15, 0.2) is 0 Å². The quantitative estimate of drug-likeness (QED) is 0.386. The molecule has 0 aliphatic carbocycles. The van der Waals surface area contributed by atoms with Gasteiger partial charge in [0.25, 0.3) is 0 Å². The summed E-state index contributed by atoms with van der Waals surface area (Å²) >= 11 is 0. The lowest BCUT2D eigenvalue weighted by atomic mass is 9.96. The van der Waals surface area contributed by atoms with Crippen molar-refractivity contribution in [3.05, 3.63) is 83.9 Å². The standard InChI is InChI=1S/C30H38N2O6/c1-37-22-26-29(24-14-9-5-10-15-24)38-28(35)17-11-3-2-8-16-25(30(36)31-26)20-27(34)32(18-19-33)21-23-12-6-4-7-13-23/h2,4-10,12-15,25-26,29,33H,3,11,16-22H2,1H3,(H,31,36). The maximum absolute atomic E-state index is 13.6. The summed E-state index contributed by atoms with van der Waals surface area (Å²) in [7, 11) is 1.53. The lowest BCUT2D eigenvalue weighted by molar-refractivity contribution is -0.153. The van der Waals surface area contributed by atoms with Crippen molar-refractivity contribution in [2.45, 2.75) is 50.8 Å². The molecule has 8 nitrogen and oxygen atoms in total. The Morgan fingerprint density at radius 2 is 1.79 bits per heavy atom. The predicted molar refractivity (Wildman–Crippen MR) is 144 cm³/mol. The Labute approximate surface area is 224 Å². The number of hydrogen-bond donors (Lipinski definition) is 2. The Bertz CT molecular complexity index is 1040. The van der Waals surface area contributed by atoms with Gasteiger partial charge in [-0.2, -0.15) is 0 Å². The van der Waals surface area contributed by atoms with Crippen molar-refractivity contribution in [2.24, 2.45) is 5.92 Å². The van der Waals surface area contributed by atoms with Gasteiger partial charge in [0, 0.05) is 33.0 Å². The predicted octanol–water partition coefficient (Wildman–Crippen LogP) is 3.56. The lowest BCUT2D eigenvalue weighted by Gasteiger charge is -2.30. The van der Waals surface area contributed by atoms with E-state index in [9.17, 15) is 19.5 Å². The van der Waals surface area contributed by atoms with E-state index in [4.69, 9.17) is 9.47 Å². The molecule has 2 N–H and O–H groups in total. The molecule has 8 heteroatoms. The third-order valence-corrected chi connectivity index (χ3v) is 6.50. The van der Waals surface area contributed by atoms with Crippen molar-refractivity contribution < 1.29 is 29.0 Å². The first-order valence-corrected chi connectivity index (χ1v) is 13.1. The first-order valence-electron chi connectivity index (χ1n) is 13.1. The van der Waals surface area contributed by atoms with Crippen molar-refractivity contribution in [1.82, 2.24) is 10.2 Å². The number of amides is 2. The van der Waals surface area contributed by atoms with E-state index >= 15 is 0 Å². The molecule has 1 aliphatic heterocycles. The molecule has 3 atom stereocenters. The zero-order chi connectivity index (χ0) is 27.2. The summed E-state index contributed by atoms with van der Waals surface area (Å²) in [6.45, 7) is 0.480. The van der Waals surface area contributed by atoms with Crippen molar-refractivity contribution in [3.63, 3.8) is 0 Å². The summed E-state index contributed by atoms with van der Waals surface area (Å²) in [6, 6.07) is 18.2. The molecule has 1 heterocycles. The molecule has 0 spiro atoms. The highest BCUT2D eigenvalue weighted by molar-refractivity contribution is 5.86. The van der Waals surface area contributed by atoms with E-state index in [0.29, 0.717) is 25.8 Å². The second kappa shape index (κ2) is 15.7. The van der Waals surface area contributed by atoms with Gasteiger partial charge in [-0.25, -0.2) is 0 Å². The van der Waals surface area contributed by atoms with Crippen molar-refractivity contribution >= 4 is 17.8 Å². The molecule has 0 fully saturated rings. The Morgan fingerprint density at radius 1 is 1.08 bits per heavy atom. The molecule has 0 saturated heterocycles. The van der Waals surface area contributed by atoms with Crippen molar-refractivity contribution in [2.75, 3.05) is 26.9 Å². The first kappa shape index (κ1) is 29.1. The van der Waals surface area contributed by atoms with Gasteiger partial charge in [0.05, 0.1) is 25.2 Å². The summed E-state index contributed by atoms with van der Waals surface area (Å²) < 4.78 is 11.3. The molecule has 2 amide bonds. The van der Waals surface area contributed by atoms with Crippen LogP contribution in [-0.4, -0.2) is 60.7 Å². The van der Waals surface area contributed by atoms with Crippen LogP contribution in [0.4, 0.5) is 0 Å². The third kappa shape index (κ3) is 9.11. The zero-order valence-corrected chi connectivity index (χ0v) is 22.0. The number of cyclic esters (lactones) is 1. The molecule has 204 valence electrons. The maximum Gasteiger partial charge on any atom is 0.306 e. The number of nitrogens with zero attached hydrogens (tertiary/aromatic N) is 1. The number of allylic oxidation sites excluding steroid dienone is 2. The van der Waals surface area contributed by atoms with Gasteiger partial charge in [0.2, 0.25) is 11.8 Å². The Kier molecular flexibility index (Phi) is 12.0. The molecule has 3 unspecified atom stereocenters. The third-order valence-electron chi connectivity index (χ3n) is 6.50. The minimum atomic E-state index is -0.735. The number of carbonyl (C=O) groups excluding carboxylic acids is 3. The fraction of sp³-hybridized carbons (Fsp3) is 0.433. The van der Waals surface area contributed by atoms with Gasteiger partial charge < -0.3 is 24.8 Å². The van der Waals surface area contributed by atoms with E-state index < -0.39 is 18.1 Å². The number of ether oxygens (including phenoxy) is 2. The van der Waals surface area contributed by atoms with Crippen LogP contribution in [0.25, 0.3) is 0 Å². The molecule has 38 heavy (non-hydrogen) atoms. The van der Waals surface area contributed by atoms with Crippen molar-refractivity contribution in [3.8, 4) is 0 Å². The van der Waals surface area contributed by atoms with E-state index in [-0.39, 0.29) is 50.4 Å². The summed E-state index contributed by atoms with van der Waals surface area (Å²) in [5.74, 6) is -1.50. The summed E-state index contributed by atoms with van der Waals surface area (Å²) in [5.41, 5.74) is 1.70. The van der Waals surface area contributed by atoms with Crippen LogP contribution in [0.1, 0.15) is 49.3 Å². The fourth-order valence-corrected chi connectivity index (χ4v) is 4.49. The molecule has 0 aromatic heterocycles. The largest absolute Gasteiger partial charge is 0.455 e. The van der Waals surface area contributed by atoms with E-state index in [0.717, 1.165) is 11.1 Å². The highest BCUT2D eigenvalue weighted by Gasteiger charge is 2.32. The average molecular weight is 523 g/mol. The maximum atomic E-state index is 13.6. The van der Waals surface area contributed by atoms with Gasteiger partial charge in [0.1, 0.15) is 6.10 Å². The van der Waals surface area contributed by atoms with Crippen LogP contribution in [0.15, 0.2) is 72.8 Å². The van der Waals surface area contributed by atoms with E-state index in [1.807, 2.05) is 72.8 Å². The zero-order valence-electron chi connectivity index (χ0n) is 22.0. The smallest absolute Gasteiger partial charge is 0.306 e. The van der Waals surface area contributed by atoms with Crippen LogP contribution < -0.4 is 5.32 Å². The number of esters is 1. The first-order chi connectivity index (χ1) is 18.5. The summed E-state index contributed by atoms with van der Waals surface area (Å²) in [4.78, 5) is 41.1. The average Bonchev–Trinajstić information content (AvgIpc) is 2.94. The van der Waals surface area contributed by atoms with Gasteiger partial charge in [-0.05, 0) is 30.4 Å². The minimum absolute atomic E-state index is 0.0154. The number of rotatable bonds is 9. The van der Waals surface area contributed by atoms with Crippen LogP contribution in [0, 0.1) is 5.92 Å². The molecular weight excluding hydrogens is 484 g/mol. The number of nitrogens with one attached hydrogen (secondary N) is 1. The van der Waals surface area contributed by atoms with E-state index in [1.165, 1.54) is 7.11 Å². The number of aliphatic hydroxyl groups is 1. The normalized spacial score (nSPS) is 20.8. The Hall–Kier alpha value is -3.49. The topological polar surface area (TPSA) is 105 Å². The Morgan fingerprint density at radius 3 is 2.47 bits per heavy atom. The number of carbonyl (C=O) groups is 3. The molecular formula is C30H38N2O6. The number of hydrogen-bond acceptors (Lipinski definition) is 6. The molecule has 1 aliphatic rings. The van der Waals surface area contributed by atoms with Gasteiger partial charge in [-0.15, -0.1) is 0 Å². The monoisotopic (exact) mass is 522 g/mol. The lowest BCUT2D eigenvalue weighted by Crippen LogP contribution is -2.47. The van der Waals surface area contributed by atoms with Crippen LogP contribution >= 0.6 is 0 Å². The number of benzene rings is 2. The van der Waals surface area contributed by atoms with E-state index in [2.05, 4.69) is 5.32 Å². The van der Waals surface area contributed by atoms with Gasteiger partial charge >= 0.3 is 5.97 Å².